The zero-order chi connectivity index (χ0) is 18.5. The first-order valence-corrected chi connectivity index (χ1v) is 8.57. The van der Waals surface area contributed by atoms with Crippen LogP contribution in [0.15, 0.2) is 24.5 Å². The van der Waals surface area contributed by atoms with Gasteiger partial charge in [-0.15, -0.1) is 0 Å². The molecule has 2 heterocycles. The first-order chi connectivity index (χ1) is 12.3. The van der Waals surface area contributed by atoms with Crippen LogP contribution < -0.4 is 5.32 Å². The van der Waals surface area contributed by atoms with Crippen LogP contribution in [-0.2, 0) is 12.7 Å². The maximum absolute atomic E-state index is 13.2. The van der Waals surface area contributed by atoms with E-state index in [-0.39, 0.29) is 24.1 Å². The van der Waals surface area contributed by atoms with E-state index in [1.165, 1.54) is 10.9 Å². The summed E-state index contributed by atoms with van der Waals surface area (Å²) >= 11 is 12.0. The van der Waals surface area contributed by atoms with Gasteiger partial charge in [0.2, 0.25) is 5.82 Å². The molecule has 1 saturated carbocycles. The second-order valence-electron chi connectivity index (χ2n) is 6.09. The van der Waals surface area contributed by atoms with Crippen molar-refractivity contribution in [3.8, 4) is 0 Å². The summed E-state index contributed by atoms with van der Waals surface area (Å²) in [5.74, 6) is -1.09. The lowest BCUT2D eigenvalue weighted by Crippen LogP contribution is -2.15. The van der Waals surface area contributed by atoms with Crippen LogP contribution >= 0.6 is 23.2 Å². The first-order valence-electron chi connectivity index (χ1n) is 7.82. The molecule has 1 N–H and O–H groups in total. The molecule has 5 nitrogen and oxygen atoms in total. The van der Waals surface area contributed by atoms with Gasteiger partial charge in [0.05, 0.1) is 12.9 Å². The smallest absolute Gasteiger partial charge is 0.365 e. The van der Waals surface area contributed by atoms with Gasteiger partial charge in [-0.25, -0.2) is 15.0 Å². The SMILES string of the molecule is FC(F)(F)c1nc(NC2CC2)c2ncn(Cc3ccc(Cl)cc3Cl)c2n1. The molecular formula is C16H12Cl2F3N5. The predicted molar refractivity (Wildman–Crippen MR) is 92.5 cm³/mol. The second kappa shape index (κ2) is 6.28. The standard InChI is InChI=1S/C16H12Cl2F3N5/c17-9-2-1-8(11(18)5-9)6-26-7-22-12-13(23-10-3-4-10)24-15(16(19,20)21)25-14(12)26/h1-2,5,7,10H,3-4,6H2,(H,23,24,25). The highest BCUT2D eigenvalue weighted by Gasteiger charge is 2.37. The monoisotopic (exact) mass is 401 g/mol. The van der Waals surface area contributed by atoms with Gasteiger partial charge in [-0.1, -0.05) is 29.3 Å². The number of rotatable bonds is 4. The molecule has 0 spiro atoms. The molecule has 0 radical (unpaired) electrons. The van der Waals surface area contributed by atoms with Crippen LogP contribution in [0.2, 0.25) is 10.0 Å². The highest BCUT2D eigenvalue weighted by atomic mass is 35.5. The molecule has 1 aliphatic carbocycles. The molecular weight excluding hydrogens is 390 g/mol. The Bertz CT molecular complexity index is 982. The van der Waals surface area contributed by atoms with Crippen molar-refractivity contribution in [1.29, 1.82) is 0 Å². The van der Waals surface area contributed by atoms with Gasteiger partial charge >= 0.3 is 6.18 Å². The van der Waals surface area contributed by atoms with E-state index >= 15 is 0 Å². The lowest BCUT2D eigenvalue weighted by atomic mass is 10.2. The molecule has 1 fully saturated rings. The topological polar surface area (TPSA) is 55.6 Å². The van der Waals surface area contributed by atoms with Gasteiger partial charge in [0, 0.05) is 16.1 Å². The number of anilines is 1. The second-order valence-corrected chi connectivity index (χ2v) is 6.94. The van der Waals surface area contributed by atoms with Crippen molar-refractivity contribution in [3.05, 3.63) is 46.0 Å². The zero-order valence-corrected chi connectivity index (χ0v) is 14.7. The molecule has 10 heteroatoms. The normalized spacial score (nSPS) is 14.8. The third kappa shape index (κ3) is 3.43. The molecule has 26 heavy (non-hydrogen) atoms. The largest absolute Gasteiger partial charge is 0.451 e. The fraction of sp³-hybridized carbons (Fsp3) is 0.312. The van der Waals surface area contributed by atoms with E-state index < -0.39 is 12.0 Å². The third-order valence-electron chi connectivity index (χ3n) is 3.99. The average Bonchev–Trinajstić information content (AvgIpc) is 3.28. The van der Waals surface area contributed by atoms with Crippen LogP contribution in [0.25, 0.3) is 11.2 Å². The van der Waals surface area contributed by atoms with Crippen LogP contribution in [0, 0.1) is 0 Å². The summed E-state index contributed by atoms with van der Waals surface area (Å²) in [5, 5.41) is 3.89. The summed E-state index contributed by atoms with van der Waals surface area (Å²) in [5.41, 5.74) is 1.09. The highest BCUT2D eigenvalue weighted by Crippen LogP contribution is 2.33. The van der Waals surface area contributed by atoms with E-state index in [2.05, 4.69) is 20.3 Å². The number of hydrogen-bond donors (Lipinski definition) is 1. The number of aromatic nitrogens is 4. The number of benzene rings is 1. The lowest BCUT2D eigenvalue weighted by molar-refractivity contribution is -0.144. The minimum absolute atomic E-state index is 0.0986. The molecule has 0 aliphatic heterocycles. The number of halogens is 5. The molecule has 3 aromatic rings. The highest BCUT2D eigenvalue weighted by molar-refractivity contribution is 6.35. The molecule has 1 aliphatic rings. The van der Waals surface area contributed by atoms with Gasteiger partial charge in [-0.05, 0) is 30.5 Å². The Morgan fingerprint density at radius 1 is 1.19 bits per heavy atom. The Kier molecular flexibility index (Phi) is 4.19. The van der Waals surface area contributed by atoms with Crippen molar-refractivity contribution < 1.29 is 13.2 Å². The Hall–Kier alpha value is -2.06. The number of nitrogens with zero attached hydrogens (tertiary/aromatic N) is 4. The van der Waals surface area contributed by atoms with Crippen LogP contribution in [-0.4, -0.2) is 25.6 Å². The van der Waals surface area contributed by atoms with Crippen molar-refractivity contribution in [1.82, 2.24) is 19.5 Å². The van der Waals surface area contributed by atoms with E-state index in [1.54, 1.807) is 18.2 Å². The predicted octanol–water partition coefficient (Wildman–Crippen LogP) is 4.77. The fourth-order valence-electron chi connectivity index (χ4n) is 2.54. The van der Waals surface area contributed by atoms with Crippen molar-refractivity contribution >= 4 is 40.2 Å². The van der Waals surface area contributed by atoms with Crippen LogP contribution in [0.4, 0.5) is 19.0 Å². The number of hydrogen-bond acceptors (Lipinski definition) is 4. The molecule has 0 bridgehead atoms. The van der Waals surface area contributed by atoms with E-state index in [1.807, 2.05) is 0 Å². The molecule has 1 aromatic carbocycles. The lowest BCUT2D eigenvalue weighted by Gasteiger charge is -2.11. The molecule has 0 amide bonds. The van der Waals surface area contributed by atoms with Crippen molar-refractivity contribution in [2.24, 2.45) is 0 Å². The van der Waals surface area contributed by atoms with Crippen molar-refractivity contribution in [3.63, 3.8) is 0 Å². The maximum atomic E-state index is 13.2. The van der Waals surface area contributed by atoms with E-state index in [9.17, 15) is 13.2 Å². The Balaban J connectivity index is 1.80. The third-order valence-corrected chi connectivity index (χ3v) is 4.58. The zero-order valence-electron chi connectivity index (χ0n) is 13.2. The van der Waals surface area contributed by atoms with Gasteiger partial charge in [0.15, 0.2) is 11.5 Å². The van der Waals surface area contributed by atoms with Crippen LogP contribution in [0.1, 0.15) is 24.2 Å². The fourth-order valence-corrected chi connectivity index (χ4v) is 3.01. The Morgan fingerprint density at radius 3 is 2.62 bits per heavy atom. The summed E-state index contributed by atoms with van der Waals surface area (Å²) in [6, 6.07) is 5.09. The van der Waals surface area contributed by atoms with Gasteiger partial charge in [-0.3, -0.25) is 0 Å². The van der Waals surface area contributed by atoms with Gasteiger partial charge < -0.3 is 9.88 Å². The van der Waals surface area contributed by atoms with Crippen LogP contribution in [0.5, 0.6) is 0 Å². The summed E-state index contributed by atoms with van der Waals surface area (Å²) in [7, 11) is 0. The van der Waals surface area contributed by atoms with E-state index in [0.717, 1.165) is 12.8 Å². The number of nitrogens with one attached hydrogen (secondary N) is 1. The summed E-state index contributed by atoms with van der Waals surface area (Å²) in [4.78, 5) is 11.5. The molecule has 4 rings (SSSR count). The number of alkyl halides is 3. The molecule has 0 saturated heterocycles. The molecule has 0 unspecified atom stereocenters. The van der Waals surface area contributed by atoms with E-state index in [0.29, 0.717) is 21.1 Å². The first kappa shape index (κ1) is 17.4. The molecule has 0 atom stereocenters. The summed E-state index contributed by atoms with van der Waals surface area (Å²) < 4.78 is 41.1. The molecule has 2 aromatic heterocycles. The van der Waals surface area contributed by atoms with E-state index in [4.69, 9.17) is 23.2 Å². The van der Waals surface area contributed by atoms with Crippen molar-refractivity contribution in [2.75, 3.05) is 5.32 Å². The molecule has 136 valence electrons. The Morgan fingerprint density at radius 2 is 1.96 bits per heavy atom. The van der Waals surface area contributed by atoms with Crippen molar-refractivity contribution in [2.45, 2.75) is 31.6 Å². The Labute approximate surface area is 156 Å². The van der Waals surface area contributed by atoms with Crippen LogP contribution in [0.3, 0.4) is 0 Å². The minimum atomic E-state index is -4.65. The quantitative estimate of drug-likeness (QED) is 0.683. The summed E-state index contributed by atoms with van der Waals surface area (Å²) in [6.45, 7) is 0.212. The summed E-state index contributed by atoms with van der Waals surface area (Å²) in [6.07, 6.45) is -1.43. The van der Waals surface area contributed by atoms with Gasteiger partial charge in [-0.2, -0.15) is 13.2 Å². The minimum Gasteiger partial charge on any atom is -0.365 e. The van der Waals surface area contributed by atoms with Gasteiger partial charge in [0.1, 0.15) is 5.52 Å². The van der Waals surface area contributed by atoms with Gasteiger partial charge in [0.25, 0.3) is 0 Å². The number of imidazole rings is 1. The average molecular weight is 402 g/mol. The number of fused-ring (bicyclic) bond motifs is 1. The maximum Gasteiger partial charge on any atom is 0.451 e.